The largest absolute Gasteiger partial charge is 0.467 e. The average molecular weight is 268 g/mol. The Balaban J connectivity index is 2.44. The van der Waals surface area contributed by atoms with E-state index in [1.165, 1.54) is 13.4 Å². The summed E-state index contributed by atoms with van der Waals surface area (Å²) in [4.78, 5) is 27.1. The fourth-order valence-corrected chi connectivity index (χ4v) is 1.66. The van der Waals surface area contributed by atoms with E-state index in [0.717, 1.165) is 0 Å². The Morgan fingerprint density at radius 2 is 2.16 bits per heavy atom. The minimum Gasteiger partial charge on any atom is -0.467 e. The number of aryl methyl sites for hydroxylation is 1. The topological polar surface area (TPSA) is 86.1 Å². The van der Waals surface area contributed by atoms with Gasteiger partial charge in [-0.3, -0.25) is 9.48 Å². The zero-order valence-electron chi connectivity index (χ0n) is 11.5. The molecular formula is C12H20N4O3. The molecule has 0 aliphatic carbocycles. The molecule has 7 nitrogen and oxygen atoms in total. The van der Waals surface area contributed by atoms with Gasteiger partial charge in [-0.05, 0) is 12.3 Å². The summed E-state index contributed by atoms with van der Waals surface area (Å²) in [5.41, 5.74) is 0. The molecule has 1 rings (SSSR count). The van der Waals surface area contributed by atoms with Crippen LogP contribution in [0.3, 0.4) is 0 Å². The number of nitrogens with one attached hydrogen (secondary N) is 1. The van der Waals surface area contributed by atoms with Gasteiger partial charge < -0.3 is 10.1 Å². The van der Waals surface area contributed by atoms with E-state index in [9.17, 15) is 9.59 Å². The quantitative estimate of drug-likeness (QED) is 0.722. The van der Waals surface area contributed by atoms with E-state index in [0.29, 0.717) is 18.9 Å². The molecule has 1 aromatic rings. The van der Waals surface area contributed by atoms with Gasteiger partial charge >= 0.3 is 5.97 Å². The molecule has 0 radical (unpaired) electrons. The maximum Gasteiger partial charge on any atom is 0.328 e. The fourth-order valence-electron chi connectivity index (χ4n) is 1.66. The lowest BCUT2D eigenvalue weighted by molar-refractivity contribution is -0.145. The molecule has 1 amide bonds. The molecule has 1 N–H and O–H groups in total. The molecule has 0 spiro atoms. The van der Waals surface area contributed by atoms with Crippen molar-refractivity contribution < 1.29 is 14.3 Å². The Hall–Kier alpha value is -1.92. The Morgan fingerprint density at radius 3 is 2.68 bits per heavy atom. The molecule has 0 saturated carbocycles. The predicted octanol–water partition coefficient (Wildman–Crippen LogP) is 0.372. The van der Waals surface area contributed by atoms with E-state index >= 15 is 0 Å². The molecule has 106 valence electrons. The fraction of sp³-hybridized carbons (Fsp3) is 0.667. The van der Waals surface area contributed by atoms with Crippen molar-refractivity contribution >= 4 is 11.9 Å². The van der Waals surface area contributed by atoms with Crippen LogP contribution in [0.15, 0.2) is 12.7 Å². The first-order chi connectivity index (χ1) is 9.02. The molecular weight excluding hydrogens is 248 g/mol. The van der Waals surface area contributed by atoms with Crippen LogP contribution in [0.1, 0.15) is 26.7 Å². The molecule has 1 unspecified atom stereocenters. The number of methoxy groups -OCH3 is 1. The maximum atomic E-state index is 11.8. The van der Waals surface area contributed by atoms with Gasteiger partial charge in [-0.1, -0.05) is 13.8 Å². The van der Waals surface area contributed by atoms with Crippen molar-refractivity contribution in [1.29, 1.82) is 0 Å². The Kier molecular flexibility index (Phi) is 5.98. The van der Waals surface area contributed by atoms with Crippen molar-refractivity contribution in [1.82, 2.24) is 20.1 Å². The molecule has 0 saturated heterocycles. The van der Waals surface area contributed by atoms with E-state index in [1.807, 2.05) is 13.8 Å². The number of hydrogen-bond acceptors (Lipinski definition) is 5. The summed E-state index contributed by atoms with van der Waals surface area (Å²) in [6.45, 7) is 4.40. The highest BCUT2D eigenvalue weighted by Crippen LogP contribution is 2.06. The summed E-state index contributed by atoms with van der Waals surface area (Å²) in [6, 6.07) is -0.590. The van der Waals surface area contributed by atoms with Crippen LogP contribution in [-0.2, 0) is 20.9 Å². The highest BCUT2D eigenvalue weighted by atomic mass is 16.5. The lowest BCUT2D eigenvalue weighted by Crippen LogP contribution is -2.42. The van der Waals surface area contributed by atoms with Crippen LogP contribution in [0.5, 0.6) is 0 Å². The molecule has 1 aromatic heterocycles. The van der Waals surface area contributed by atoms with Crippen molar-refractivity contribution in [2.75, 3.05) is 7.11 Å². The second kappa shape index (κ2) is 7.50. The van der Waals surface area contributed by atoms with E-state index in [2.05, 4.69) is 20.1 Å². The standard InChI is InChI=1S/C12H20N4O3/c1-9(2)6-10(12(18)19-3)15-11(17)4-5-16-8-13-7-14-16/h7-10H,4-6H2,1-3H3,(H,15,17). The van der Waals surface area contributed by atoms with Crippen LogP contribution >= 0.6 is 0 Å². The first-order valence-electron chi connectivity index (χ1n) is 6.22. The molecule has 1 heterocycles. The van der Waals surface area contributed by atoms with Crippen LogP contribution < -0.4 is 5.32 Å². The van der Waals surface area contributed by atoms with Crippen molar-refractivity contribution in [2.45, 2.75) is 39.3 Å². The number of carbonyl (C=O) groups excluding carboxylic acids is 2. The third kappa shape index (κ3) is 5.50. The van der Waals surface area contributed by atoms with E-state index < -0.39 is 12.0 Å². The molecule has 1 atom stereocenters. The third-order valence-electron chi connectivity index (χ3n) is 2.56. The van der Waals surface area contributed by atoms with Crippen molar-refractivity contribution in [3.05, 3.63) is 12.7 Å². The Morgan fingerprint density at radius 1 is 1.42 bits per heavy atom. The number of esters is 1. The minimum atomic E-state index is -0.590. The Labute approximate surface area is 112 Å². The van der Waals surface area contributed by atoms with E-state index in [1.54, 1.807) is 11.0 Å². The lowest BCUT2D eigenvalue weighted by atomic mass is 10.0. The summed E-state index contributed by atoms with van der Waals surface area (Å²) in [5, 5.41) is 6.59. The lowest BCUT2D eigenvalue weighted by Gasteiger charge is -2.18. The van der Waals surface area contributed by atoms with Crippen molar-refractivity contribution in [3.63, 3.8) is 0 Å². The van der Waals surface area contributed by atoms with Crippen molar-refractivity contribution in [3.8, 4) is 0 Å². The van der Waals surface area contributed by atoms with Crippen LogP contribution in [0.25, 0.3) is 0 Å². The maximum absolute atomic E-state index is 11.8. The molecule has 0 bridgehead atoms. The molecule has 0 aromatic carbocycles. The van der Waals surface area contributed by atoms with Crippen LogP contribution in [0.4, 0.5) is 0 Å². The van der Waals surface area contributed by atoms with Crippen LogP contribution in [0.2, 0.25) is 0 Å². The summed E-state index contributed by atoms with van der Waals surface area (Å²) in [5.74, 6) is -0.325. The van der Waals surface area contributed by atoms with Gasteiger partial charge in [-0.2, -0.15) is 5.10 Å². The third-order valence-corrected chi connectivity index (χ3v) is 2.56. The molecule has 7 heteroatoms. The first kappa shape index (κ1) is 15.1. The SMILES string of the molecule is COC(=O)C(CC(C)C)NC(=O)CCn1cncn1. The van der Waals surface area contributed by atoms with Gasteiger partial charge in [0.2, 0.25) is 5.91 Å². The number of nitrogens with zero attached hydrogens (tertiary/aromatic N) is 3. The second-order valence-electron chi connectivity index (χ2n) is 4.68. The molecule has 19 heavy (non-hydrogen) atoms. The molecule has 0 aliphatic rings. The average Bonchev–Trinajstić information content (AvgIpc) is 2.87. The smallest absolute Gasteiger partial charge is 0.328 e. The number of amides is 1. The van der Waals surface area contributed by atoms with Gasteiger partial charge in [0.15, 0.2) is 0 Å². The van der Waals surface area contributed by atoms with Crippen molar-refractivity contribution in [2.24, 2.45) is 5.92 Å². The highest BCUT2D eigenvalue weighted by Gasteiger charge is 2.22. The second-order valence-corrected chi connectivity index (χ2v) is 4.68. The van der Waals surface area contributed by atoms with Crippen LogP contribution in [-0.4, -0.2) is 39.8 Å². The minimum absolute atomic E-state index is 0.202. The zero-order chi connectivity index (χ0) is 14.3. The van der Waals surface area contributed by atoms with Gasteiger partial charge in [0.1, 0.15) is 18.7 Å². The van der Waals surface area contributed by atoms with Crippen LogP contribution in [0, 0.1) is 5.92 Å². The molecule has 0 aliphatic heterocycles. The van der Waals surface area contributed by atoms with Gasteiger partial charge in [0.25, 0.3) is 0 Å². The summed E-state index contributed by atoms with van der Waals surface area (Å²) >= 11 is 0. The first-order valence-corrected chi connectivity index (χ1v) is 6.22. The van der Waals surface area contributed by atoms with E-state index in [-0.39, 0.29) is 12.3 Å². The van der Waals surface area contributed by atoms with Gasteiger partial charge in [-0.25, -0.2) is 9.78 Å². The van der Waals surface area contributed by atoms with Gasteiger partial charge in [-0.15, -0.1) is 0 Å². The predicted molar refractivity (Wildman–Crippen MR) is 68.0 cm³/mol. The highest BCUT2D eigenvalue weighted by molar-refractivity contribution is 5.84. The zero-order valence-corrected chi connectivity index (χ0v) is 11.5. The number of ether oxygens (including phenoxy) is 1. The molecule has 0 fully saturated rings. The number of hydrogen-bond donors (Lipinski definition) is 1. The van der Waals surface area contributed by atoms with Gasteiger partial charge in [0, 0.05) is 6.42 Å². The normalized spacial score (nSPS) is 12.2. The van der Waals surface area contributed by atoms with E-state index in [4.69, 9.17) is 0 Å². The Bertz CT molecular complexity index is 403. The summed E-state index contributed by atoms with van der Waals surface area (Å²) in [6.07, 6.45) is 3.75. The number of rotatable bonds is 7. The monoisotopic (exact) mass is 268 g/mol. The number of carbonyl (C=O) groups is 2. The summed E-state index contributed by atoms with van der Waals surface area (Å²) < 4.78 is 6.25. The number of aromatic nitrogens is 3. The van der Waals surface area contributed by atoms with Gasteiger partial charge in [0.05, 0.1) is 13.7 Å². The summed E-state index contributed by atoms with van der Waals surface area (Å²) in [7, 11) is 1.32.